The second-order valence-electron chi connectivity index (χ2n) is 6.90. The van der Waals surface area contributed by atoms with Crippen molar-refractivity contribution in [3.63, 3.8) is 0 Å². The minimum Gasteiger partial charge on any atom is -0.379 e. The molecule has 128 valence electrons. The molecule has 0 saturated carbocycles. The van der Waals surface area contributed by atoms with Gasteiger partial charge in [-0.15, -0.1) is 11.3 Å². The van der Waals surface area contributed by atoms with Crippen molar-refractivity contribution >= 4 is 33.0 Å². The van der Waals surface area contributed by atoms with Crippen LogP contribution < -0.4 is 5.32 Å². The lowest BCUT2D eigenvalue weighted by atomic mass is 9.70. The number of nitrogens with one attached hydrogen (secondary N) is 1. The van der Waals surface area contributed by atoms with E-state index in [-0.39, 0.29) is 11.5 Å². The fourth-order valence-electron chi connectivity index (χ4n) is 4.35. The van der Waals surface area contributed by atoms with Gasteiger partial charge in [-0.05, 0) is 49.9 Å². The summed E-state index contributed by atoms with van der Waals surface area (Å²) in [5.74, 6) is 0.316. The van der Waals surface area contributed by atoms with Crippen LogP contribution in [0, 0.1) is 18.3 Å². The first-order chi connectivity index (χ1) is 10.9. The molecule has 4 rings (SSSR count). The van der Waals surface area contributed by atoms with Gasteiger partial charge < -0.3 is 10.1 Å². The van der Waals surface area contributed by atoms with Crippen molar-refractivity contribution in [3.8, 4) is 0 Å². The number of sulfonamides is 1. The molecular formula is C15H21ClN2O3S2. The molecule has 0 radical (unpaired) electrons. The van der Waals surface area contributed by atoms with Gasteiger partial charge in [-0.3, -0.25) is 0 Å². The van der Waals surface area contributed by atoms with Gasteiger partial charge >= 0.3 is 0 Å². The number of hydrogen-bond acceptors (Lipinski definition) is 5. The Balaban J connectivity index is 1.71. The number of ether oxygens (including phenoxy) is 1. The number of aryl methyl sites for hydroxylation is 1. The van der Waals surface area contributed by atoms with Gasteiger partial charge in [0.05, 0.1) is 23.6 Å². The van der Waals surface area contributed by atoms with Crippen LogP contribution in [0.25, 0.3) is 0 Å². The van der Waals surface area contributed by atoms with Gasteiger partial charge in [-0.25, -0.2) is 8.42 Å². The Bertz CT molecular complexity index is 693. The van der Waals surface area contributed by atoms with E-state index in [1.54, 1.807) is 10.4 Å². The number of halogens is 1. The highest BCUT2D eigenvalue weighted by Crippen LogP contribution is 2.51. The number of thiophene rings is 1. The molecule has 1 aromatic rings. The van der Waals surface area contributed by atoms with Crippen LogP contribution in [0.3, 0.4) is 0 Å². The fraction of sp³-hybridized carbons (Fsp3) is 0.733. The van der Waals surface area contributed by atoms with Crippen LogP contribution in [-0.4, -0.2) is 51.6 Å². The van der Waals surface area contributed by atoms with Gasteiger partial charge in [0.2, 0.25) is 0 Å². The topological polar surface area (TPSA) is 58.6 Å². The van der Waals surface area contributed by atoms with Crippen molar-refractivity contribution in [1.29, 1.82) is 0 Å². The number of piperidine rings is 1. The van der Waals surface area contributed by atoms with E-state index in [1.807, 2.05) is 6.92 Å². The van der Waals surface area contributed by atoms with Crippen molar-refractivity contribution in [2.24, 2.45) is 11.3 Å². The molecular weight excluding hydrogens is 356 g/mol. The van der Waals surface area contributed by atoms with Gasteiger partial charge in [-0.2, -0.15) is 4.31 Å². The van der Waals surface area contributed by atoms with Gasteiger partial charge in [0.15, 0.2) is 0 Å². The minimum atomic E-state index is -3.50. The van der Waals surface area contributed by atoms with E-state index in [0.717, 1.165) is 42.8 Å². The lowest BCUT2D eigenvalue weighted by Gasteiger charge is -2.37. The molecule has 1 aromatic heterocycles. The zero-order valence-corrected chi connectivity index (χ0v) is 15.4. The van der Waals surface area contributed by atoms with E-state index in [9.17, 15) is 8.42 Å². The number of rotatable bonds is 2. The Hall–Kier alpha value is -0.180. The Morgan fingerprint density at radius 2 is 2.13 bits per heavy atom. The Kier molecular flexibility index (Phi) is 4.02. The predicted molar refractivity (Wildman–Crippen MR) is 90.6 cm³/mol. The summed E-state index contributed by atoms with van der Waals surface area (Å²) in [4.78, 5) is 0. The normalized spacial score (nSPS) is 30.9. The number of hydrogen-bond donors (Lipinski definition) is 1. The average molecular weight is 377 g/mol. The van der Waals surface area contributed by atoms with Crippen LogP contribution in [0.15, 0.2) is 10.3 Å². The molecule has 3 saturated heterocycles. The van der Waals surface area contributed by atoms with E-state index in [0.29, 0.717) is 34.2 Å². The molecule has 3 fully saturated rings. The SMILES string of the molecule is Cc1cc(S(=O)(=O)N2CC3(CCNCC3)[C@H]3COC[C@H]32)sc1Cl. The molecule has 0 amide bonds. The van der Waals surface area contributed by atoms with Crippen molar-refractivity contribution in [2.45, 2.75) is 30.0 Å². The number of nitrogens with zero attached hydrogens (tertiary/aromatic N) is 1. The first-order valence-corrected chi connectivity index (χ1v) is 10.6. The van der Waals surface area contributed by atoms with Gasteiger partial charge in [-0.1, -0.05) is 11.6 Å². The average Bonchev–Trinajstić information content (AvgIpc) is 3.19. The third kappa shape index (κ3) is 2.48. The standard InChI is InChI=1S/C15H21ClN2O3S2/c1-10-6-13(22-14(10)16)23(19,20)18-9-15(2-4-17-5-3-15)11-7-21-8-12(11)18/h6,11-12,17H,2-5,7-9H2,1H3/t11-,12+/m0/s1. The molecule has 3 aliphatic heterocycles. The van der Waals surface area contributed by atoms with E-state index in [1.165, 1.54) is 0 Å². The monoisotopic (exact) mass is 376 g/mol. The van der Waals surface area contributed by atoms with E-state index in [4.69, 9.17) is 16.3 Å². The quantitative estimate of drug-likeness (QED) is 0.858. The smallest absolute Gasteiger partial charge is 0.252 e. The Morgan fingerprint density at radius 1 is 1.39 bits per heavy atom. The first-order valence-electron chi connectivity index (χ1n) is 8.00. The third-order valence-corrected chi connectivity index (χ3v) is 9.55. The molecule has 2 atom stereocenters. The molecule has 4 heterocycles. The molecule has 1 N–H and O–H groups in total. The lowest BCUT2D eigenvalue weighted by molar-refractivity contribution is 0.0979. The highest BCUT2D eigenvalue weighted by Gasteiger charge is 2.58. The van der Waals surface area contributed by atoms with Crippen LogP contribution in [0.5, 0.6) is 0 Å². The maximum atomic E-state index is 13.2. The highest BCUT2D eigenvalue weighted by molar-refractivity contribution is 7.91. The van der Waals surface area contributed by atoms with Crippen LogP contribution in [0.2, 0.25) is 4.34 Å². The maximum Gasteiger partial charge on any atom is 0.252 e. The summed E-state index contributed by atoms with van der Waals surface area (Å²) in [5, 5.41) is 3.39. The molecule has 0 unspecified atom stereocenters. The second kappa shape index (κ2) is 5.68. The van der Waals surface area contributed by atoms with Crippen molar-refractivity contribution in [3.05, 3.63) is 16.0 Å². The third-order valence-electron chi connectivity index (χ3n) is 5.67. The van der Waals surface area contributed by atoms with Crippen LogP contribution in [0.4, 0.5) is 0 Å². The summed E-state index contributed by atoms with van der Waals surface area (Å²) in [6, 6.07) is 1.67. The van der Waals surface area contributed by atoms with Crippen molar-refractivity contribution in [1.82, 2.24) is 9.62 Å². The largest absolute Gasteiger partial charge is 0.379 e. The molecule has 0 aromatic carbocycles. The Labute approximate surface area is 146 Å². The molecule has 0 bridgehead atoms. The van der Waals surface area contributed by atoms with Crippen LogP contribution in [0.1, 0.15) is 18.4 Å². The lowest BCUT2D eigenvalue weighted by Crippen LogP contribution is -2.43. The fourth-order valence-corrected chi connectivity index (χ4v) is 7.93. The number of fused-ring (bicyclic) bond motifs is 2. The van der Waals surface area contributed by atoms with Crippen molar-refractivity contribution < 1.29 is 13.2 Å². The van der Waals surface area contributed by atoms with E-state index >= 15 is 0 Å². The zero-order chi connectivity index (χ0) is 16.2. The zero-order valence-electron chi connectivity index (χ0n) is 13.0. The van der Waals surface area contributed by atoms with Gasteiger partial charge in [0.25, 0.3) is 10.0 Å². The Morgan fingerprint density at radius 3 is 2.78 bits per heavy atom. The van der Waals surface area contributed by atoms with E-state index < -0.39 is 10.0 Å². The van der Waals surface area contributed by atoms with Crippen LogP contribution >= 0.6 is 22.9 Å². The minimum absolute atomic E-state index is 0.0284. The summed E-state index contributed by atoms with van der Waals surface area (Å²) in [6.45, 7) is 5.57. The van der Waals surface area contributed by atoms with Crippen LogP contribution in [-0.2, 0) is 14.8 Å². The summed E-state index contributed by atoms with van der Waals surface area (Å²) < 4.78 is 34.6. The predicted octanol–water partition coefficient (Wildman–Crippen LogP) is 2.10. The maximum absolute atomic E-state index is 13.2. The highest BCUT2D eigenvalue weighted by atomic mass is 35.5. The summed E-state index contributed by atoms with van der Waals surface area (Å²) in [5.41, 5.74) is 0.889. The van der Waals surface area contributed by atoms with Gasteiger partial charge in [0.1, 0.15) is 4.21 Å². The molecule has 3 aliphatic rings. The molecule has 23 heavy (non-hydrogen) atoms. The van der Waals surface area contributed by atoms with Gasteiger partial charge in [0, 0.05) is 12.5 Å². The molecule has 8 heteroatoms. The summed E-state index contributed by atoms with van der Waals surface area (Å²) in [7, 11) is -3.50. The molecule has 1 spiro atoms. The summed E-state index contributed by atoms with van der Waals surface area (Å²) in [6.07, 6.45) is 2.04. The molecule has 5 nitrogen and oxygen atoms in total. The summed E-state index contributed by atoms with van der Waals surface area (Å²) >= 11 is 7.26. The first kappa shape index (κ1) is 16.3. The van der Waals surface area contributed by atoms with Crippen molar-refractivity contribution in [2.75, 3.05) is 32.8 Å². The second-order valence-corrected chi connectivity index (χ2v) is 10.7. The molecule has 0 aliphatic carbocycles. The van der Waals surface area contributed by atoms with E-state index in [2.05, 4.69) is 5.32 Å².